The Labute approximate surface area is 117 Å². The molecule has 112 valence electrons. The molecule has 0 atom stereocenters. The topological polar surface area (TPSA) is 39.2 Å². The van der Waals surface area contributed by atoms with Crippen LogP contribution in [0.15, 0.2) is 6.20 Å². The van der Waals surface area contributed by atoms with Crippen molar-refractivity contribution < 1.29 is 35.9 Å². The van der Waals surface area contributed by atoms with Gasteiger partial charge in [-0.1, -0.05) is 0 Å². The third-order valence-corrected chi connectivity index (χ3v) is 2.44. The maximum Gasteiger partial charge on any atom is 0.574 e. The molecule has 0 aliphatic rings. The molecule has 0 unspecified atom stereocenters. The van der Waals surface area contributed by atoms with Gasteiger partial charge < -0.3 is 4.74 Å². The van der Waals surface area contributed by atoms with Crippen LogP contribution in [0.3, 0.4) is 0 Å². The van der Waals surface area contributed by atoms with E-state index in [1.54, 1.807) is 0 Å². The lowest BCUT2D eigenvalue weighted by Crippen LogP contribution is -2.21. The number of alkyl halides is 7. The highest BCUT2D eigenvalue weighted by atomic mass is 35.5. The first-order chi connectivity index (χ1) is 8.97. The van der Waals surface area contributed by atoms with Crippen molar-refractivity contribution in [2.24, 2.45) is 0 Å². The van der Waals surface area contributed by atoms with Crippen molar-refractivity contribution in [2.75, 3.05) is 0 Å². The fourth-order valence-electron chi connectivity index (χ4n) is 1.30. The van der Waals surface area contributed by atoms with Crippen LogP contribution in [0.1, 0.15) is 21.5 Å². The van der Waals surface area contributed by atoms with E-state index in [1.807, 2.05) is 0 Å². The molecule has 3 nitrogen and oxygen atoms in total. The minimum Gasteiger partial charge on any atom is -0.388 e. The summed E-state index contributed by atoms with van der Waals surface area (Å²) in [4.78, 5) is 13.9. The highest BCUT2D eigenvalue weighted by Gasteiger charge is 2.40. The zero-order valence-corrected chi connectivity index (χ0v) is 10.6. The Morgan fingerprint density at radius 3 is 2.15 bits per heavy atom. The molecule has 1 aromatic rings. The van der Waals surface area contributed by atoms with Crippen molar-refractivity contribution in [1.29, 1.82) is 0 Å². The van der Waals surface area contributed by atoms with Gasteiger partial charge >= 0.3 is 12.5 Å². The highest BCUT2D eigenvalue weighted by Crippen LogP contribution is 2.38. The van der Waals surface area contributed by atoms with Crippen LogP contribution in [-0.2, 0) is 12.1 Å². The first kappa shape index (κ1) is 16.8. The maximum absolute atomic E-state index is 12.6. The van der Waals surface area contributed by atoms with Crippen LogP contribution in [0.25, 0.3) is 0 Å². The van der Waals surface area contributed by atoms with Gasteiger partial charge in [-0.15, -0.1) is 24.8 Å². The molecule has 20 heavy (non-hydrogen) atoms. The smallest absolute Gasteiger partial charge is 0.388 e. The second-order valence-corrected chi connectivity index (χ2v) is 3.89. The number of halogens is 8. The van der Waals surface area contributed by atoms with Crippen molar-refractivity contribution in [3.05, 3.63) is 22.9 Å². The highest BCUT2D eigenvalue weighted by molar-refractivity contribution is 6.68. The molecule has 1 heterocycles. The van der Waals surface area contributed by atoms with Crippen LogP contribution in [0.4, 0.5) is 26.3 Å². The first-order valence-corrected chi connectivity index (χ1v) is 5.49. The van der Waals surface area contributed by atoms with E-state index >= 15 is 0 Å². The van der Waals surface area contributed by atoms with Crippen LogP contribution in [0, 0.1) is 0 Å². The van der Waals surface area contributed by atoms with Gasteiger partial charge in [0.2, 0.25) is 5.88 Å². The van der Waals surface area contributed by atoms with E-state index in [-0.39, 0.29) is 6.20 Å². The van der Waals surface area contributed by atoms with Gasteiger partial charge in [-0.05, 0) is 11.6 Å². The van der Waals surface area contributed by atoms with E-state index < -0.39 is 46.2 Å². The molecule has 0 amide bonds. The Bertz CT molecular complexity index is 528. The molecule has 0 fully saturated rings. The summed E-state index contributed by atoms with van der Waals surface area (Å²) in [6.07, 6.45) is -10.2. The van der Waals surface area contributed by atoms with Crippen LogP contribution in [0.2, 0.25) is 0 Å². The molecular formula is C9H3Cl2F6NO2. The van der Waals surface area contributed by atoms with Crippen LogP contribution >= 0.6 is 23.2 Å². The molecule has 0 N–H and O–H groups in total. The van der Waals surface area contributed by atoms with Gasteiger partial charge in [0, 0.05) is 11.8 Å². The lowest BCUT2D eigenvalue weighted by Gasteiger charge is -2.16. The molecule has 0 spiro atoms. The number of hydrogen-bond donors (Lipinski definition) is 0. The first-order valence-electron chi connectivity index (χ1n) is 4.58. The normalized spacial score (nSPS) is 12.4. The predicted octanol–water partition coefficient (Wildman–Crippen LogP) is 4.12. The molecule has 0 aromatic carbocycles. The van der Waals surface area contributed by atoms with Crippen LogP contribution in [0.5, 0.6) is 5.88 Å². The van der Waals surface area contributed by atoms with E-state index in [9.17, 15) is 31.1 Å². The zero-order valence-electron chi connectivity index (χ0n) is 9.07. The maximum atomic E-state index is 12.6. The molecule has 11 heteroatoms. The van der Waals surface area contributed by atoms with Gasteiger partial charge in [0.15, 0.2) is 0 Å². The summed E-state index contributed by atoms with van der Waals surface area (Å²) < 4.78 is 77.6. The molecule has 0 bridgehead atoms. The minimum absolute atomic E-state index is 0.0206. The molecule has 0 aliphatic heterocycles. The molecular weight excluding hydrogens is 339 g/mol. The van der Waals surface area contributed by atoms with Crippen molar-refractivity contribution >= 4 is 28.4 Å². The van der Waals surface area contributed by atoms with Gasteiger partial charge in [-0.25, -0.2) is 4.98 Å². The number of hydrogen-bond acceptors (Lipinski definition) is 3. The summed E-state index contributed by atoms with van der Waals surface area (Å²) in [5, 5.41) is -1.62. The summed E-state index contributed by atoms with van der Waals surface area (Å²) in [6, 6.07) is 0. The second kappa shape index (κ2) is 5.65. The van der Waals surface area contributed by atoms with E-state index in [4.69, 9.17) is 23.2 Å². The number of ether oxygens (including phenoxy) is 1. The average Bonchev–Trinajstić information content (AvgIpc) is 2.24. The van der Waals surface area contributed by atoms with E-state index in [1.165, 1.54) is 0 Å². The van der Waals surface area contributed by atoms with Crippen LogP contribution < -0.4 is 4.74 Å². The molecule has 0 saturated heterocycles. The third kappa shape index (κ3) is 3.89. The Morgan fingerprint density at radius 2 is 1.80 bits per heavy atom. The predicted molar refractivity (Wildman–Crippen MR) is 55.7 cm³/mol. The van der Waals surface area contributed by atoms with Crippen molar-refractivity contribution in [2.45, 2.75) is 18.4 Å². The molecule has 0 saturated carbocycles. The molecule has 1 rings (SSSR count). The van der Waals surface area contributed by atoms with Crippen molar-refractivity contribution in [3.8, 4) is 5.88 Å². The van der Waals surface area contributed by atoms with E-state index in [2.05, 4.69) is 9.72 Å². The lowest BCUT2D eigenvalue weighted by molar-refractivity contribution is -0.276. The Morgan fingerprint density at radius 1 is 1.25 bits per heavy atom. The number of carbonyl (C=O) groups excluding carboxylic acids is 1. The average molecular weight is 342 g/mol. The third-order valence-electron chi connectivity index (χ3n) is 1.99. The monoisotopic (exact) mass is 341 g/mol. The van der Waals surface area contributed by atoms with Gasteiger partial charge in [0.1, 0.15) is 0 Å². The van der Waals surface area contributed by atoms with Crippen molar-refractivity contribution in [3.63, 3.8) is 0 Å². The Hall–Kier alpha value is -1.22. The lowest BCUT2D eigenvalue weighted by atomic mass is 10.1. The number of aromatic nitrogens is 1. The summed E-state index contributed by atoms with van der Waals surface area (Å²) >= 11 is 10.2. The number of pyridine rings is 1. The van der Waals surface area contributed by atoms with Gasteiger partial charge in [0.25, 0.3) is 5.24 Å². The van der Waals surface area contributed by atoms with Gasteiger partial charge in [-0.3, -0.25) is 4.79 Å². The fraction of sp³-hybridized carbons (Fsp3) is 0.333. The van der Waals surface area contributed by atoms with Crippen molar-refractivity contribution in [1.82, 2.24) is 4.98 Å². The standard InChI is InChI=1S/C9H3Cl2F6NO2/c10-1-3-5(6(11)19)4(8(12,13)14)2-18-7(3)20-9(15,16)17/h2H,1H2. The summed E-state index contributed by atoms with van der Waals surface area (Å²) in [7, 11) is 0. The van der Waals surface area contributed by atoms with E-state index in [0.29, 0.717) is 0 Å². The van der Waals surface area contributed by atoms with Gasteiger partial charge in [-0.2, -0.15) is 13.2 Å². The fourth-order valence-corrected chi connectivity index (χ4v) is 1.76. The minimum atomic E-state index is -5.21. The SMILES string of the molecule is O=C(Cl)c1c(C(F)(F)F)cnc(OC(F)(F)F)c1CCl. The van der Waals surface area contributed by atoms with Crippen LogP contribution in [-0.4, -0.2) is 16.6 Å². The number of nitrogens with zero attached hydrogens (tertiary/aromatic N) is 1. The molecule has 0 radical (unpaired) electrons. The number of rotatable bonds is 3. The molecule has 0 aliphatic carbocycles. The zero-order chi connectivity index (χ0) is 15.7. The Kier molecular flexibility index (Phi) is 4.75. The number of carbonyl (C=O) groups is 1. The van der Waals surface area contributed by atoms with E-state index in [0.717, 1.165) is 0 Å². The molecule has 1 aromatic heterocycles. The second-order valence-electron chi connectivity index (χ2n) is 3.28. The van der Waals surface area contributed by atoms with Gasteiger partial charge in [0.05, 0.1) is 17.0 Å². The largest absolute Gasteiger partial charge is 0.574 e. The quantitative estimate of drug-likeness (QED) is 0.471. The summed E-state index contributed by atoms with van der Waals surface area (Å²) in [6.45, 7) is 0. The summed E-state index contributed by atoms with van der Waals surface area (Å²) in [5.74, 6) is -2.14. The summed E-state index contributed by atoms with van der Waals surface area (Å²) in [5.41, 5.74) is -3.70. The Balaban J connectivity index is 3.54.